The molecule has 0 aliphatic carbocycles. The quantitative estimate of drug-likeness (QED) is 0.676. The molecule has 0 spiro atoms. The molecular formula is C11H19F3N2O5. The standard InChI is InChI=1S/C11H19F3N2O5/c1-20-5-3-15(4-6-21-2)10(19)16(7-9(17)18)8-11(12,13)14/h3-8H2,1-2H3,(H,17,18). The second-order valence-corrected chi connectivity index (χ2v) is 4.12. The molecule has 0 aliphatic heterocycles. The Labute approximate surface area is 120 Å². The number of amides is 2. The van der Waals surface area contributed by atoms with Gasteiger partial charge in [0.2, 0.25) is 0 Å². The Morgan fingerprint density at radius 1 is 1.05 bits per heavy atom. The van der Waals surface area contributed by atoms with Crippen LogP contribution in [0.5, 0.6) is 0 Å². The van der Waals surface area contributed by atoms with Crippen LogP contribution in [-0.2, 0) is 14.3 Å². The van der Waals surface area contributed by atoms with Crippen molar-refractivity contribution in [1.29, 1.82) is 0 Å². The van der Waals surface area contributed by atoms with E-state index in [2.05, 4.69) is 0 Å². The summed E-state index contributed by atoms with van der Waals surface area (Å²) in [5.74, 6) is -1.52. The van der Waals surface area contributed by atoms with Crippen LogP contribution in [0.4, 0.5) is 18.0 Å². The topological polar surface area (TPSA) is 79.3 Å². The Morgan fingerprint density at radius 2 is 1.52 bits per heavy atom. The van der Waals surface area contributed by atoms with Crippen LogP contribution in [0.2, 0.25) is 0 Å². The summed E-state index contributed by atoms with van der Waals surface area (Å²) in [5.41, 5.74) is 0. The van der Waals surface area contributed by atoms with E-state index in [1.54, 1.807) is 0 Å². The van der Waals surface area contributed by atoms with Crippen molar-refractivity contribution < 1.29 is 37.3 Å². The summed E-state index contributed by atoms with van der Waals surface area (Å²) in [6.07, 6.45) is -4.68. The highest BCUT2D eigenvalue weighted by molar-refractivity contribution is 5.80. The maximum absolute atomic E-state index is 12.4. The number of hydrogen-bond acceptors (Lipinski definition) is 4. The first-order chi connectivity index (χ1) is 9.71. The van der Waals surface area contributed by atoms with Gasteiger partial charge in [-0.1, -0.05) is 0 Å². The van der Waals surface area contributed by atoms with Crippen molar-refractivity contribution in [2.24, 2.45) is 0 Å². The van der Waals surface area contributed by atoms with Crippen LogP contribution in [0.15, 0.2) is 0 Å². The van der Waals surface area contributed by atoms with E-state index in [1.165, 1.54) is 14.2 Å². The van der Waals surface area contributed by atoms with Crippen LogP contribution in [0, 0.1) is 0 Å². The largest absolute Gasteiger partial charge is 0.480 e. The molecule has 0 atom stereocenters. The number of methoxy groups -OCH3 is 2. The van der Waals surface area contributed by atoms with Gasteiger partial charge in [0.15, 0.2) is 0 Å². The Balaban J connectivity index is 4.93. The zero-order chi connectivity index (χ0) is 16.5. The molecule has 10 heteroatoms. The van der Waals surface area contributed by atoms with Crippen molar-refractivity contribution >= 4 is 12.0 Å². The minimum Gasteiger partial charge on any atom is -0.480 e. The second-order valence-electron chi connectivity index (χ2n) is 4.12. The highest BCUT2D eigenvalue weighted by Gasteiger charge is 2.35. The van der Waals surface area contributed by atoms with Crippen molar-refractivity contribution in [2.45, 2.75) is 6.18 Å². The van der Waals surface area contributed by atoms with Crippen molar-refractivity contribution in [1.82, 2.24) is 9.80 Å². The Kier molecular flexibility index (Phi) is 8.70. The molecule has 1 N–H and O–H groups in total. The normalized spacial score (nSPS) is 11.3. The van der Waals surface area contributed by atoms with Crippen molar-refractivity contribution in [3.8, 4) is 0 Å². The molecule has 0 rings (SSSR count). The summed E-state index contributed by atoms with van der Waals surface area (Å²) in [6.45, 7) is -2.37. The van der Waals surface area contributed by atoms with Gasteiger partial charge in [0, 0.05) is 27.3 Å². The van der Waals surface area contributed by atoms with E-state index in [4.69, 9.17) is 14.6 Å². The fourth-order valence-corrected chi connectivity index (χ4v) is 1.48. The third kappa shape index (κ3) is 9.08. The summed E-state index contributed by atoms with van der Waals surface area (Å²) in [4.78, 5) is 24.0. The van der Waals surface area contributed by atoms with Gasteiger partial charge in [-0.05, 0) is 0 Å². The number of halogens is 3. The van der Waals surface area contributed by atoms with E-state index in [0.29, 0.717) is 0 Å². The van der Waals surface area contributed by atoms with Gasteiger partial charge in [-0.25, -0.2) is 4.79 Å². The molecule has 0 aliphatic rings. The number of hydrogen-bond donors (Lipinski definition) is 1. The molecule has 0 saturated carbocycles. The number of ether oxygens (including phenoxy) is 2. The van der Waals surface area contributed by atoms with Crippen molar-refractivity contribution in [3.05, 3.63) is 0 Å². The van der Waals surface area contributed by atoms with Crippen LogP contribution in [0.3, 0.4) is 0 Å². The van der Waals surface area contributed by atoms with Gasteiger partial charge in [-0.2, -0.15) is 13.2 Å². The molecule has 0 saturated heterocycles. The molecule has 7 nitrogen and oxygen atoms in total. The number of urea groups is 1. The molecular weight excluding hydrogens is 297 g/mol. The van der Waals surface area contributed by atoms with Crippen molar-refractivity contribution in [3.63, 3.8) is 0 Å². The van der Waals surface area contributed by atoms with Crippen LogP contribution < -0.4 is 0 Å². The van der Waals surface area contributed by atoms with Crippen LogP contribution in [0.1, 0.15) is 0 Å². The van der Waals surface area contributed by atoms with Crippen LogP contribution >= 0.6 is 0 Å². The zero-order valence-corrected chi connectivity index (χ0v) is 11.9. The number of alkyl halides is 3. The molecule has 0 aromatic heterocycles. The van der Waals surface area contributed by atoms with Gasteiger partial charge in [0.05, 0.1) is 13.2 Å². The maximum Gasteiger partial charge on any atom is 0.406 e. The average molecular weight is 316 g/mol. The van der Waals surface area contributed by atoms with Crippen LogP contribution in [0.25, 0.3) is 0 Å². The molecule has 0 bridgehead atoms. The summed E-state index contributed by atoms with van der Waals surface area (Å²) < 4.78 is 46.8. The van der Waals surface area contributed by atoms with E-state index < -0.39 is 31.3 Å². The molecule has 0 unspecified atom stereocenters. The zero-order valence-electron chi connectivity index (χ0n) is 11.9. The summed E-state index contributed by atoms with van der Waals surface area (Å²) in [5, 5.41) is 8.63. The number of carboxylic acids is 1. The minimum absolute atomic E-state index is 0.0344. The Hall–Kier alpha value is -1.55. The van der Waals surface area contributed by atoms with Gasteiger partial charge < -0.3 is 24.4 Å². The van der Waals surface area contributed by atoms with E-state index >= 15 is 0 Å². The molecule has 0 fully saturated rings. The third-order valence-electron chi connectivity index (χ3n) is 2.37. The number of carbonyl (C=O) groups is 2. The van der Waals surface area contributed by atoms with E-state index in [-0.39, 0.29) is 31.2 Å². The first kappa shape index (κ1) is 19.4. The number of aliphatic carboxylic acids is 1. The van der Waals surface area contributed by atoms with Crippen molar-refractivity contribution in [2.75, 3.05) is 53.6 Å². The number of nitrogens with zero attached hydrogens (tertiary/aromatic N) is 2. The predicted molar refractivity (Wildman–Crippen MR) is 66.0 cm³/mol. The molecule has 0 heterocycles. The SMILES string of the molecule is COCCN(CCOC)C(=O)N(CC(=O)O)CC(F)(F)F. The van der Waals surface area contributed by atoms with Crippen LogP contribution in [-0.4, -0.2) is 86.7 Å². The third-order valence-corrected chi connectivity index (χ3v) is 2.37. The smallest absolute Gasteiger partial charge is 0.406 e. The van der Waals surface area contributed by atoms with Gasteiger partial charge in [-0.3, -0.25) is 4.79 Å². The lowest BCUT2D eigenvalue weighted by Crippen LogP contribution is -2.50. The van der Waals surface area contributed by atoms with Gasteiger partial charge in [0.1, 0.15) is 13.1 Å². The van der Waals surface area contributed by atoms with Gasteiger partial charge in [-0.15, -0.1) is 0 Å². The van der Waals surface area contributed by atoms with E-state index in [0.717, 1.165) is 4.90 Å². The molecule has 2 amide bonds. The van der Waals surface area contributed by atoms with Gasteiger partial charge in [0.25, 0.3) is 0 Å². The predicted octanol–water partition coefficient (Wildman–Crippen LogP) is 0.650. The Morgan fingerprint density at radius 3 is 1.86 bits per heavy atom. The molecule has 21 heavy (non-hydrogen) atoms. The highest BCUT2D eigenvalue weighted by Crippen LogP contribution is 2.17. The lowest BCUT2D eigenvalue weighted by atomic mass is 10.4. The number of carbonyl (C=O) groups excluding carboxylic acids is 1. The van der Waals surface area contributed by atoms with E-state index in [1.807, 2.05) is 0 Å². The molecule has 0 radical (unpaired) electrons. The monoisotopic (exact) mass is 316 g/mol. The number of rotatable bonds is 9. The molecule has 0 aromatic carbocycles. The summed E-state index contributed by atoms with van der Waals surface area (Å²) >= 11 is 0. The fraction of sp³-hybridized carbons (Fsp3) is 0.818. The first-order valence-electron chi connectivity index (χ1n) is 6.01. The van der Waals surface area contributed by atoms with E-state index in [9.17, 15) is 22.8 Å². The molecule has 124 valence electrons. The lowest BCUT2D eigenvalue weighted by molar-refractivity contribution is -0.149. The highest BCUT2D eigenvalue weighted by atomic mass is 19.4. The summed E-state index contributed by atoms with van der Waals surface area (Å²) in [6, 6.07) is -1.02. The number of carboxylic acid groups (broad SMARTS) is 1. The maximum atomic E-state index is 12.4. The first-order valence-corrected chi connectivity index (χ1v) is 6.01. The lowest BCUT2D eigenvalue weighted by Gasteiger charge is -2.30. The average Bonchev–Trinajstić information content (AvgIpc) is 2.35. The van der Waals surface area contributed by atoms with Gasteiger partial charge >= 0.3 is 18.2 Å². The fourth-order valence-electron chi connectivity index (χ4n) is 1.48. The second kappa shape index (κ2) is 9.40. The molecule has 0 aromatic rings. The minimum atomic E-state index is -4.68. The Bertz CT molecular complexity index is 330. The summed E-state index contributed by atoms with van der Waals surface area (Å²) in [7, 11) is 2.76.